The highest BCUT2D eigenvalue weighted by atomic mass is 19.1. The van der Waals surface area contributed by atoms with Crippen LogP contribution < -0.4 is 5.32 Å². The van der Waals surface area contributed by atoms with Gasteiger partial charge in [0, 0.05) is 39.3 Å². The van der Waals surface area contributed by atoms with Gasteiger partial charge in [-0.25, -0.2) is 4.39 Å². The molecule has 0 spiro atoms. The smallest absolute Gasteiger partial charge is 0.234 e. The number of hydrogen-bond acceptors (Lipinski definition) is 3. The third-order valence-electron chi connectivity index (χ3n) is 4.18. The number of rotatable bonds is 6. The van der Waals surface area contributed by atoms with Gasteiger partial charge in [-0.05, 0) is 30.5 Å². The van der Waals surface area contributed by atoms with Crippen LogP contribution in [0.5, 0.6) is 0 Å². The molecule has 1 N–H and O–H groups in total. The lowest BCUT2D eigenvalue weighted by atomic mass is 10.0. The normalized spacial score (nSPS) is 18.1. The summed E-state index contributed by atoms with van der Waals surface area (Å²) in [5, 5.41) is 2.84. The molecule has 1 saturated heterocycles. The number of likely N-dealkylation sites (N-methyl/N-ethyl adjacent to an activating group) is 1. The number of carbonyl (C=O) groups is 1. The first kappa shape index (κ1) is 16.9. The summed E-state index contributed by atoms with van der Waals surface area (Å²) in [7, 11) is 0. The molecule has 0 aromatic heterocycles. The van der Waals surface area contributed by atoms with Crippen molar-refractivity contribution in [2.45, 2.75) is 19.8 Å². The van der Waals surface area contributed by atoms with E-state index in [0.717, 1.165) is 32.7 Å². The molecular formula is C17H26FN3O. The predicted octanol–water partition coefficient (Wildman–Crippen LogP) is 1.68. The summed E-state index contributed by atoms with van der Waals surface area (Å²) in [5.41, 5.74) is 1.17. The maximum Gasteiger partial charge on any atom is 0.234 e. The van der Waals surface area contributed by atoms with Crippen LogP contribution in [0.4, 0.5) is 4.39 Å². The van der Waals surface area contributed by atoms with Gasteiger partial charge in [-0.15, -0.1) is 0 Å². The average molecular weight is 307 g/mol. The van der Waals surface area contributed by atoms with Crippen molar-refractivity contribution in [3.8, 4) is 0 Å². The maximum atomic E-state index is 13.0. The number of carbonyl (C=O) groups excluding carboxylic acids is 1. The molecule has 0 radical (unpaired) electrons. The quantitative estimate of drug-likeness (QED) is 0.868. The van der Waals surface area contributed by atoms with E-state index in [1.807, 2.05) is 19.1 Å². The molecule has 0 saturated carbocycles. The summed E-state index contributed by atoms with van der Waals surface area (Å²) in [4.78, 5) is 16.2. The van der Waals surface area contributed by atoms with Crippen LogP contribution in [0.3, 0.4) is 0 Å². The van der Waals surface area contributed by atoms with Crippen LogP contribution in [-0.2, 0) is 4.79 Å². The van der Waals surface area contributed by atoms with Crippen LogP contribution in [0.1, 0.15) is 25.3 Å². The van der Waals surface area contributed by atoms with Crippen LogP contribution in [0, 0.1) is 5.82 Å². The Morgan fingerprint density at radius 2 is 1.77 bits per heavy atom. The van der Waals surface area contributed by atoms with Crippen LogP contribution in [-0.4, -0.2) is 61.5 Å². The van der Waals surface area contributed by atoms with Crippen molar-refractivity contribution in [2.24, 2.45) is 0 Å². The Hall–Kier alpha value is -1.46. The molecule has 1 fully saturated rings. The van der Waals surface area contributed by atoms with Crippen LogP contribution in [0.25, 0.3) is 0 Å². The molecule has 122 valence electrons. The molecule has 2 rings (SSSR count). The van der Waals surface area contributed by atoms with Crippen molar-refractivity contribution in [1.29, 1.82) is 0 Å². The van der Waals surface area contributed by atoms with Crippen LogP contribution in [0.2, 0.25) is 0 Å². The molecule has 1 amide bonds. The number of amides is 1. The first-order valence-electron chi connectivity index (χ1n) is 8.05. The minimum Gasteiger partial charge on any atom is -0.355 e. The molecule has 1 aliphatic heterocycles. The first-order valence-corrected chi connectivity index (χ1v) is 8.05. The Labute approximate surface area is 132 Å². The number of benzene rings is 1. The Kier molecular flexibility index (Phi) is 6.34. The van der Waals surface area contributed by atoms with Crippen molar-refractivity contribution >= 4 is 5.91 Å². The lowest BCUT2D eigenvalue weighted by molar-refractivity contribution is -0.122. The number of piperazine rings is 1. The van der Waals surface area contributed by atoms with Crippen molar-refractivity contribution in [3.05, 3.63) is 35.6 Å². The van der Waals surface area contributed by atoms with E-state index >= 15 is 0 Å². The zero-order valence-corrected chi connectivity index (χ0v) is 13.5. The van der Waals surface area contributed by atoms with Gasteiger partial charge in [0.1, 0.15) is 5.82 Å². The van der Waals surface area contributed by atoms with E-state index in [4.69, 9.17) is 0 Å². The fourth-order valence-electron chi connectivity index (χ4n) is 2.87. The van der Waals surface area contributed by atoms with Gasteiger partial charge in [-0.2, -0.15) is 0 Å². The molecule has 22 heavy (non-hydrogen) atoms. The van der Waals surface area contributed by atoms with E-state index in [2.05, 4.69) is 22.0 Å². The number of nitrogens with zero attached hydrogens (tertiary/aromatic N) is 2. The summed E-state index contributed by atoms with van der Waals surface area (Å²) < 4.78 is 13.0. The fraction of sp³-hybridized carbons (Fsp3) is 0.588. The highest BCUT2D eigenvalue weighted by Gasteiger charge is 2.20. The van der Waals surface area contributed by atoms with Crippen LogP contribution in [0.15, 0.2) is 24.3 Å². The molecule has 5 heteroatoms. The molecule has 0 aliphatic carbocycles. The molecule has 0 bridgehead atoms. The maximum absolute atomic E-state index is 13.0. The molecule has 1 aromatic rings. The minimum atomic E-state index is -0.185. The SMILES string of the molecule is CCNC(=O)CN1CCN(C[C@@H](C)c2ccc(F)cc2)CC1. The Morgan fingerprint density at radius 1 is 1.18 bits per heavy atom. The van der Waals surface area contributed by atoms with E-state index in [9.17, 15) is 9.18 Å². The van der Waals surface area contributed by atoms with Gasteiger partial charge in [0.15, 0.2) is 0 Å². The Balaban J connectivity index is 1.75. The highest BCUT2D eigenvalue weighted by Crippen LogP contribution is 2.17. The Bertz CT molecular complexity index is 469. The van der Waals surface area contributed by atoms with E-state index in [1.165, 1.54) is 17.7 Å². The molecule has 4 nitrogen and oxygen atoms in total. The Morgan fingerprint density at radius 3 is 2.36 bits per heavy atom. The highest BCUT2D eigenvalue weighted by molar-refractivity contribution is 5.77. The van der Waals surface area contributed by atoms with E-state index in [1.54, 1.807) is 0 Å². The van der Waals surface area contributed by atoms with Gasteiger partial charge >= 0.3 is 0 Å². The van der Waals surface area contributed by atoms with Crippen molar-refractivity contribution in [2.75, 3.05) is 45.8 Å². The monoisotopic (exact) mass is 307 g/mol. The lowest BCUT2D eigenvalue weighted by Crippen LogP contribution is -2.50. The third-order valence-corrected chi connectivity index (χ3v) is 4.18. The molecule has 1 aromatic carbocycles. The van der Waals surface area contributed by atoms with Gasteiger partial charge in [0.2, 0.25) is 5.91 Å². The summed E-state index contributed by atoms with van der Waals surface area (Å²) in [6.45, 7) is 10.1. The summed E-state index contributed by atoms with van der Waals surface area (Å²) in [5.74, 6) is 0.307. The largest absolute Gasteiger partial charge is 0.355 e. The van der Waals surface area contributed by atoms with Gasteiger partial charge in [-0.3, -0.25) is 9.69 Å². The summed E-state index contributed by atoms with van der Waals surface area (Å²) in [6.07, 6.45) is 0. The van der Waals surface area contributed by atoms with E-state index in [-0.39, 0.29) is 11.7 Å². The molecule has 1 aliphatic rings. The minimum absolute atomic E-state index is 0.107. The van der Waals surface area contributed by atoms with E-state index in [0.29, 0.717) is 19.0 Å². The number of nitrogens with one attached hydrogen (secondary N) is 1. The average Bonchev–Trinajstić information content (AvgIpc) is 2.50. The first-order chi connectivity index (χ1) is 10.6. The lowest BCUT2D eigenvalue weighted by Gasteiger charge is -2.35. The molecule has 1 heterocycles. The molecular weight excluding hydrogens is 281 g/mol. The van der Waals surface area contributed by atoms with Gasteiger partial charge in [-0.1, -0.05) is 19.1 Å². The summed E-state index contributed by atoms with van der Waals surface area (Å²) in [6, 6.07) is 6.78. The second kappa shape index (κ2) is 8.25. The van der Waals surface area contributed by atoms with Crippen LogP contribution >= 0.6 is 0 Å². The van der Waals surface area contributed by atoms with Crippen molar-refractivity contribution < 1.29 is 9.18 Å². The van der Waals surface area contributed by atoms with Crippen molar-refractivity contribution in [3.63, 3.8) is 0 Å². The topological polar surface area (TPSA) is 35.6 Å². The second-order valence-corrected chi connectivity index (χ2v) is 5.98. The molecule has 1 atom stereocenters. The van der Waals surface area contributed by atoms with Gasteiger partial charge in [0.05, 0.1) is 6.54 Å². The van der Waals surface area contributed by atoms with E-state index < -0.39 is 0 Å². The standard InChI is InChI=1S/C17H26FN3O/c1-3-19-17(22)13-21-10-8-20(9-11-21)12-14(2)15-4-6-16(18)7-5-15/h4-7,14H,3,8-13H2,1-2H3,(H,19,22)/t14-/m1/s1. The second-order valence-electron chi connectivity index (χ2n) is 5.98. The fourth-order valence-corrected chi connectivity index (χ4v) is 2.87. The van der Waals surface area contributed by atoms with Gasteiger partial charge in [0.25, 0.3) is 0 Å². The number of halogens is 1. The molecule has 0 unspecified atom stereocenters. The predicted molar refractivity (Wildman–Crippen MR) is 86.4 cm³/mol. The summed E-state index contributed by atoms with van der Waals surface area (Å²) >= 11 is 0. The zero-order chi connectivity index (χ0) is 15.9. The third kappa shape index (κ3) is 5.07. The van der Waals surface area contributed by atoms with Crippen molar-refractivity contribution in [1.82, 2.24) is 15.1 Å². The number of hydrogen-bond donors (Lipinski definition) is 1. The zero-order valence-electron chi connectivity index (χ0n) is 13.5. The van der Waals surface area contributed by atoms with Gasteiger partial charge < -0.3 is 10.2 Å².